The van der Waals surface area contributed by atoms with E-state index in [1.165, 1.54) is 18.3 Å². The van der Waals surface area contributed by atoms with E-state index in [1.807, 2.05) is 0 Å². The molecule has 4 aromatic rings. The van der Waals surface area contributed by atoms with Gasteiger partial charge in [0.2, 0.25) is 11.9 Å². The smallest absolute Gasteiger partial charge is 0.177 e. The van der Waals surface area contributed by atoms with Crippen molar-refractivity contribution < 1.29 is 31.0 Å². The molecule has 6 nitrogen and oxygen atoms in total. The molecule has 0 spiro atoms. The number of nitrogens with one attached hydrogen (secondary N) is 2. The van der Waals surface area contributed by atoms with E-state index in [9.17, 15) is 26.3 Å². The van der Waals surface area contributed by atoms with Gasteiger partial charge in [0.25, 0.3) is 0 Å². The van der Waals surface area contributed by atoms with Crippen molar-refractivity contribution in [3.05, 3.63) is 76.2 Å². The third-order valence-electron chi connectivity index (χ3n) is 4.53. The number of hydrogen-bond acceptors (Lipinski definition) is 3. The van der Waals surface area contributed by atoms with Crippen LogP contribution in [-0.2, 0) is 12.4 Å². The zero-order valence-corrected chi connectivity index (χ0v) is 17.0. The SMILES string of the molecule is FC(F)(F)c1cc(-[n+]2cc(/C=C/c3nn[nH]n3)c(-c3cccc(Cl)c3)[nH]2)cc(C(F)(F)F)c1. The van der Waals surface area contributed by atoms with Gasteiger partial charge in [-0.1, -0.05) is 28.4 Å². The molecule has 0 aliphatic heterocycles. The second-order valence-electron chi connectivity index (χ2n) is 6.82. The van der Waals surface area contributed by atoms with Crippen molar-refractivity contribution in [2.75, 3.05) is 0 Å². The van der Waals surface area contributed by atoms with Crippen LogP contribution in [0.5, 0.6) is 0 Å². The molecule has 0 fully saturated rings. The van der Waals surface area contributed by atoms with Gasteiger partial charge in [0, 0.05) is 22.7 Å². The van der Waals surface area contributed by atoms with Crippen LogP contribution in [0.2, 0.25) is 5.02 Å². The van der Waals surface area contributed by atoms with Crippen molar-refractivity contribution in [2.45, 2.75) is 12.4 Å². The summed E-state index contributed by atoms with van der Waals surface area (Å²) >= 11 is 6.05. The van der Waals surface area contributed by atoms with Gasteiger partial charge < -0.3 is 0 Å². The Morgan fingerprint density at radius 2 is 1.61 bits per heavy atom. The van der Waals surface area contributed by atoms with Gasteiger partial charge in [-0.25, -0.2) is 0 Å². The summed E-state index contributed by atoms with van der Waals surface area (Å²) in [5, 5.41) is 16.4. The van der Waals surface area contributed by atoms with Crippen LogP contribution in [0.25, 0.3) is 29.1 Å². The molecule has 170 valence electrons. The monoisotopic (exact) mass is 485 g/mol. The summed E-state index contributed by atoms with van der Waals surface area (Å²) in [5.74, 6) is 0.221. The third kappa shape index (κ3) is 5.06. The normalized spacial score (nSPS) is 12.6. The Kier molecular flexibility index (Phi) is 5.70. The molecule has 0 radical (unpaired) electrons. The summed E-state index contributed by atoms with van der Waals surface area (Å²) in [6, 6.07) is 7.88. The molecule has 0 unspecified atom stereocenters. The van der Waals surface area contributed by atoms with Crippen molar-refractivity contribution in [1.82, 2.24) is 25.7 Å². The lowest BCUT2D eigenvalue weighted by Gasteiger charge is -2.11. The maximum absolute atomic E-state index is 13.3. The molecule has 0 saturated heterocycles. The minimum absolute atomic E-state index is 0.0714. The van der Waals surface area contributed by atoms with Crippen LogP contribution in [-0.4, -0.2) is 25.7 Å². The molecule has 13 heteroatoms. The van der Waals surface area contributed by atoms with Crippen LogP contribution in [0.4, 0.5) is 26.3 Å². The second-order valence-corrected chi connectivity index (χ2v) is 7.26. The van der Waals surface area contributed by atoms with Crippen LogP contribution in [0.15, 0.2) is 48.7 Å². The predicted octanol–water partition coefficient (Wildman–Crippen LogP) is 5.33. The number of alkyl halides is 6. The maximum atomic E-state index is 13.3. The third-order valence-corrected chi connectivity index (χ3v) is 4.76. The number of H-pyrrole nitrogens is 2. The van der Waals surface area contributed by atoms with Crippen molar-refractivity contribution in [3.63, 3.8) is 0 Å². The van der Waals surface area contributed by atoms with Gasteiger partial charge in [-0.05, 0) is 35.6 Å². The minimum atomic E-state index is -4.97. The van der Waals surface area contributed by atoms with Gasteiger partial charge >= 0.3 is 12.4 Å². The van der Waals surface area contributed by atoms with E-state index in [0.29, 0.717) is 34.0 Å². The highest BCUT2D eigenvalue weighted by Gasteiger charge is 2.38. The quantitative estimate of drug-likeness (QED) is 0.303. The Bertz CT molecular complexity index is 1280. The standard InChI is InChI=1S/C20H11ClF6N6/c21-15-3-1-2-11(6-15)18-12(4-5-17-28-31-32-29-17)10-33(30-18)16-8-13(19(22,23)24)7-14(9-16)20(25,26)27/h1-10H,(H,28,29,31,32)/p+1/b5-4+. The molecule has 33 heavy (non-hydrogen) atoms. The predicted molar refractivity (Wildman–Crippen MR) is 106 cm³/mol. The van der Waals surface area contributed by atoms with Crippen LogP contribution in [0.1, 0.15) is 22.5 Å². The number of halogens is 7. The highest BCUT2D eigenvalue weighted by atomic mass is 35.5. The molecule has 0 atom stereocenters. The largest absolute Gasteiger partial charge is 0.416 e. The van der Waals surface area contributed by atoms with E-state index in [1.54, 1.807) is 24.3 Å². The number of aromatic nitrogens is 6. The van der Waals surface area contributed by atoms with E-state index >= 15 is 0 Å². The molecule has 4 rings (SSSR count). The Labute approximate surface area is 186 Å². The molecule has 0 aliphatic carbocycles. The number of benzene rings is 2. The molecule has 0 bridgehead atoms. The van der Waals surface area contributed by atoms with E-state index in [-0.39, 0.29) is 17.6 Å². The highest BCUT2D eigenvalue weighted by molar-refractivity contribution is 6.30. The first-order chi connectivity index (χ1) is 15.5. The fourth-order valence-electron chi connectivity index (χ4n) is 3.04. The van der Waals surface area contributed by atoms with Gasteiger partial charge in [-0.3, -0.25) is 0 Å². The average Bonchev–Trinajstić information content (AvgIpc) is 3.40. The highest BCUT2D eigenvalue weighted by Crippen LogP contribution is 2.36. The van der Waals surface area contributed by atoms with Gasteiger partial charge in [0.15, 0.2) is 5.82 Å². The van der Waals surface area contributed by atoms with Crippen LogP contribution < -0.4 is 4.68 Å². The molecule has 0 saturated carbocycles. The number of tetrazole rings is 1. The molecule has 2 N–H and O–H groups in total. The summed E-state index contributed by atoms with van der Waals surface area (Å²) in [6.07, 6.45) is -5.59. The first kappa shape index (κ1) is 22.5. The average molecular weight is 486 g/mol. The lowest BCUT2D eigenvalue weighted by atomic mass is 10.1. The Morgan fingerprint density at radius 3 is 2.18 bits per heavy atom. The van der Waals surface area contributed by atoms with E-state index < -0.39 is 23.5 Å². The first-order valence-electron chi connectivity index (χ1n) is 9.13. The van der Waals surface area contributed by atoms with Gasteiger partial charge in [-0.2, -0.15) is 36.7 Å². The second kappa shape index (κ2) is 8.35. The van der Waals surface area contributed by atoms with Crippen molar-refractivity contribution in [2.24, 2.45) is 0 Å². The summed E-state index contributed by atoms with van der Waals surface area (Å²) in [7, 11) is 0. The molecule has 0 amide bonds. The number of hydrogen-bond donors (Lipinski definition) is 2. The van der Waals surface area contributed by atoms with Gasteiger partial charge in [0.1, 0.15) is 5.69 Å². The van der Waals surface area contributed by atoms with Gasteiger partial charge in [0.05, 0.1) is 16.7 Å². The zero-order chi connectivity index (χ0) is 23.8. The van der Waals surface area contributed by atoms with Gasteiger partial charge in [-0.15, -0.1) is 10.2 Å². The van der Waals surface area contributed by atoms with Crippen molar-refractivity contribution in [3.8, 4) is 16.9 Å². The maximum Gasteiger partial charge on any atom is 0.416 e. The lowest BCUT2D eigenvalue weighted by molar-refractivity contribution is -0.654. The van der Waals surface area contributed by atoms with E-state index in [2.05, 4.69) is 25.7 Å². The lowest BCUT2D eigenvalue weighted by Crippen LogP contribution is -2.33. The topological polar surface area (TPSA) is 74.1 Å². The molecule has 2 aromatic carbocycles. The number of nitrogens with zero attached hydrogens (tertiary/aromatic N) is 4. The molecular weight excluding hydrogens is 474 g/mol. The fraction of sp³-hybridized carbons (Fsp3) is 0.100. The minimum Gasteiger partial charge on any atom is -0.177 e. The van der Waals surface area contributed by atoms with Crippen molar-refractivity contribution in [1.29, 1.82) is 0 Å². The fourth-order valence-corrected chi connectivity index (χ4v) is 3.23. The molecule has 2 heterocycles. The van der Waals surface area contributed by atoms with E-state index in [0.717, 1.165) is 4.68 Å². The van der Waals surface area contributed by atoms with Crippen LogP contribution in [0.3, 0.4) is 0 Å². The summed E-state index contributed by atoms with van der Waals surface area (Å²) < 4.78 is 80.8. The summed E-state index contributed by atoms with van der Waals surface area (Å²) in [5.41, 5.74) is -1.85. The first-order valence-corrected chi connectivity index (χ1v) is 9.50. The van der Waals surface area contributed by atoms with Crippen LogP contribution in [0, 0.1) is 0 Å². The molecule has 2 aromatic heterocycles. The molecular formula is C20H12ClF6N6+. The Balaban J connectivity index is 1.89. The summed E-state index contributed by atoms with van der Waals surface area (Å²) in [6.45, 7) is 0. The Morgan fingerprint density at radius 1 is 0.909 bits per heavy atom. The number of aromatic amines is 2. The van der Waals surface area contributed by atoms with Crippen molar-refractivity contribution >= 4 is 23.8 Å². The molecule has 0 aliphatic rings. The van der Waals surface area contributed by atoms with E-state index in [4.69, 9.17) is 11.6 Å². The zero-order valence-electron chi connectivity index (χ0n) is 16.2. The summed E-state index contributed by atoms with van der Waals surface area (Å²) in [4.78, 5) is 0. The number of rotatable bonds is 4. The Hall–Kier alpha value is -3.67. The van der Waals surface area contributed by atoms with Crippen LogP contribution >= 0.6 is 11.6 Å².